The van der Waals surface area contributed by atoms with E-state index in [1.165, 1.54) is 26.2 Å². The van der Waals surface area contributed by atoms with E-state index in [0.29, 0.717) is 10.7 Å². The number of benzene rings is 2. The van der Waals surface area contributed by atoms with Crippen molar-refractivity contribution in [3.05, 3.63) is 52.5 Å². The normalized spacial score (nSPS) is 10.9. The molecule has 8 nitrogen and oxygen atoms in total. The third-order valence-corrected chi connectivity index (χ3v) is 5.80. The quantitative estimate of drug-likeness (QED) is 0.332. The SMILES string of the molecule is C=NN(Nc1ccc(Cl)cc1C)c1ccc(S(=O)(=O)N(C)C)cc1C(=O)[O-].[Na+]. The second kappa shape index (κ2) is 9.73. The molecule has 0 aliphatic heterocycles. The van der Waals surface area contributed by atoms with Crippen molar-refractivity contribution in [2.45, 2.75) is 11.8 Å². The Balaban J connectivity index is 0.00000392. The number of hydrogen-bond acceptors (Lipinski definition) is 7. The van der Waals surface area contributed by atoms with Crippen LogP contribution in [0.15, 0.2) is 46.4 Å². The molecule has 0 spiro atoms. The van der Waals surface area contributed by atoms with Gasteiger partial charge in [0.2, 0.25) is 10.0 Å². The molecule has 2 aromatic rings. The molecule has 0 amide bonds. The Bertz CT molecular complexity index is 999. The zero-order chi connectivity index (χ0) is 20.4. The Morgan fingerprint density at radius 3 is 2.36 bits per heavy atom. The number of aryl methyl sites for hydroxylation is 1. The van der Waals surface area contributed by atoms with Crippen molar-refractivity contribution in [2.24, 2.45) is 5.10 Å². The standard InChI is InChI=1S/C17H19ClN4O4S.Na/c1-11-9-12(18)5-7-15(11)20-22(19-2)16-8-6-13(10-14(16)17(23)24)27(25,26)21(3)4;/h5-10,20H,2H2,1,3-4H3,(H,23,24);/q;+1/p-1. The third kappa shape index (κ3) is 5.25. The predicted molar refractivity (Wildman–Crippen MR) is 103 cm³/mol. The van der Waals surface area contributed by atoms with E-state index in [-0.39, 0.29) is 45.7 Å². The first-order chi connectivity index (χ1) is 12.6. The monoisotopic (exact) mass is 432 g/mol. The summed E-state index contributed by atoms with van der Waals surface area (Å²) in [5.41, 5.74) is 4.02. The molecule has 0 aliphatic carbocycles. The maximum Gasteiger partial charge on any atom is 1.00 e. The molecule has 11 heteroatoms. The molecule has 0 saturated heterocycles. The number of hydrazine groups is 1. The van der Waals surface area contributed by atoms with Gasteiger partial charge in [-0.3, -0.25) is 5.43 Å². The van der Waals surface area contributed by atoms with E-state index in [2.05, 4.69) is 17.2 Å². The van der Waals surface area contributed by atoms with Crippen LogP contribution in [0, 0.1) is 6.92 Å². The average molecular weight is 433 g/mol. The van der Waals surface area contributed by atoms with Crippen molar-refractivity contribution in [1.29, 1.82) is 0 Å². The Morgan fingerprint density at radius 2 is 1.86 bits per heavy atom. The van der Waals surface area contributed by atoms with Crippen molar-refractivity contribution < 1.29 is 47.9 Å². The maximum absolute atomic E-state index is 12.3. The second-order valence-electron chi connectivity index (χ2n) is 5.78. The molecule has 0 bridgehead atoms. The topological polar surface area (TPSA) is 105 Å². The molecule has 2 aromatic carbocycles. The van der Waals surface area contributed by atoms with Gasteiger partial charge in [-0.05, 0) is 48.9 Å². The number of sulfonamides is 1. The van der Waals surface area contributed by atoms with Crippen LogP contribution in [-0.2, 0) is 10.0 Å². The fraction of sp³-hybridized carbons (Fsp3) is 0.176. The zero-order valence-corrected chi connectivity index (χ0v) is 19.5. The van der Waals surface area contributed by atoms with Gasteiger partial charge in [-0.2, -0.15) is 10.2 Å². The molecular formula is C17H18ClN4NaO4S. The number of carbonyl (C=O) groups is 1. The summed E-state index contributed by atoms with van der Waals surface area (Å²) in [5.74, 6) is -1.55. The first-order valence-electron chi connectivity index (χ1n) is 7.65. The number of nitrogens with zero attached hydrogens (tertiary/aromatic N) is 3. The molecule has 2 rings (SSSR count). The maximum atomic E-state index is 12.3. The number of halogens is 1. The third-order valence-electron chi connectivity index (χ3n) is 3.75. The molecule has 0 aliphatic rings. The van der Waals surface area contributed by atoms with E-state index >= 15 is 0 Å². The van der Waals surface area contributed by atoms with E-state index in [9.17, 15) is 18.3 Å². The number of anilines is 2. The van der Waals surface area contributed by atoms with E-state index in [0.717, 1.165) is 21.1 Å². The number of hydrogen-bond donors (Lipinski definition) is 1. The van der Waals surface area contributed by atoms with Crippen LogP contribution in [0.5, 0.6) is 0 Å². The molecule has 1 N–H and O–H groups in total. The molecular weight excluding hydrogens is 415 g/mol. The number of carboxylic acid groups (broad SMARTS) is 1. The number of carboxylic acids is 1. The van der Waals surface area contributed by atoms with Gasteiger partial charge >= 0.3 is 29.6 Å². The Kier molecular flexibility index (Phi) is 8.48. The van der Waals surface area contributed by atoms with E-state index in [1.54, 1.807) is 18.2 Å². The van der Waals surface area contributed by atoms with Crippen LogP contribution in [-0.4, -0.2) is 39.5 Å². The van der Waals surface area contributed by atoms with Crippen molar-refractivity contribution in [3.63, 3.8) is 0 Å². The van der Waals surface area contributed by atoms with Crippen molar-refractivity contribution in [1.82, 2.24) is 4.31 Å². The van der Waals surface area contributed by atoms with Gasteiger partial charge < -0.3 is 9.90 Å². The van der Waals surface area contributed by atoms with Gasteiger partial charge in [0.1, 0.15) is 0 Å². The Morgan fingerprint density at radius 1 is 1.21 bits per heavy atom. The fourth-order valence-electron chi connectivity index (χ4n) is 2.27. The van der Waals surface area contributed by atoms with Crippen molar-refractivity contribution >= 4 is 45.7 Å². The van der Waals surface area contributed by atoms with Crippen LogP contribution in [0.25, 0.3) is 0 Å². The van der Waals surface area contributed by atoms with Gasteiger partial charge in [-0.25, -0.2) is 12.7 Å². The van der Waals surface area contributed by atoms with E-state index in [4.69, 9.17) is 11.6 Å². The minimum Gasteiger partial charge on any atom is -0.545 e. The second-order valence-corrected chi connectivity index (χ2v) is 8.37. The van der Waals surface area contributed by atoms with Crippen LogP contribution in [0.3, 0.4) is 0 Å². The molecule has 0 aromatic heterocycles. The summed E-state index contributed by atoms with van der Waals surface area (Å²) in [5, 5.41) is 17.0. The summed E-state index contributed by atoms with van der Waals surface area (Å²) >= 11 is 5.93. The van der Waals surface area contributed by atoms with Crippen molar-refractivity contribution in [2.75, 3.05) is 24.6 Å². The number of aromatic carboxylic acids is 1. The largest absolute Gasteiger partial charge is 1.00 e. The van der Waals surface area contributed by atoms with Gasteiger partial charge in [0, 0.05) is 31.4 Å². The van der Waals surface area contributed by atoms with Gasteiger partial charge in [0.25, 0.3) is 0 Å². The molecule has 0 radical (unpaired) electrons. The van der Waals surface area contributed by atoms with Crippen LogP contribution in [0.1, 0.15) is 15.9 Å². The molecule has 0 fully saturated rings. The summed E-state index contributed by atoms with van der Waals surface area (Å²) in [7, 11) is -1.11. The number of nitrogens with one attached hydrogen (secondary N) is 1. The minimum absolute atomic E-state index is 0. The smallest absolute Gasteiger partial charge is 0.545 e. The molecule has 0 saturated carbocycles. The first-order valence-corrected chi connectivity index (χ1v) is 9.47. The zero-order valence-electron chi connectivity index (χ0n) is 15.9. The molecule has 28 heavy (non-hydrogen) atoms. The Labute approximate surface area is 191 Å². The predicted octanol–water partition coefficient (Wildman–Crippen LogP) is -1.28. The average Bonchev–Trinajstić information content (AvgIpc) is 2.60. The van der Waals surface area contributed by atoms with Crippen LogP contribution < -0.4 is 45.2 Å². The summed E-state index contributed by atoms with van der Waals surface area (Å²) < 4.78 is 25.5. The number of rotatable bonds is 7. The summed E-state index contributed by atoms with van der Waals surface area (Å²) in [4.78, 5) is 11.4. The molecule has 0 heterocycles. The summed E-state index contributed by atoms with van der Waals surface area (Å²) in [6.45, 7) is 5.24. The Hall–Kier alpha value is -1.62. The fourth-order valence-corrected chi connectivity index (χ4v) is 3.43. The van der Waals surface area contributed by atoms with Gasteiger partial charge in [0.15, 0.2) is 0 Å². The van der Waals surface area contributed by atoms with E-state index in [1.807, 2.05) is 6.92 Å². The molecule has 0 unspecified atom stereocenters. The van der Waals surface area contributed by atoms with Gasteiger partial charge in [-0.15, -0.1) is 0 Å². The molecule has 0 atom stereocenters. The summed E-state index contributed by atoms with van der Waals surface area (Å²) in [6.07, 6.45) is 0. The first kappa shape index (κ1) is 24.4. The van der Waals surface area contributed by atoms with Crippen LogP contribution >= 0.6 is 11.6 Å². The van der Waals surface area contributed by atoms with Gasteiger partial charge in [0.05, 0.1) is 22.2 Å². The van der Waals surface area contributed by atoms with Gasteiger partial charge in [-0.1, -0.05) is 11.6 Å². The van der Waals surface area contributed by atoms with Crippen LogP contribution in [0.4, 0.5) is 11.4 Å². The number of hydrazone groups is 1. The minimum atomic E-state index is -3.81. The van der Waals surface area contributed by atoms with Crippen LogP contribution in [0.2, 0.25) is 5.02 Å². The summed E-state index contributed by atoms with van der Waals surface area (Å²) in [6, 6.07) is 8.69. The van der Waals surface area contributed by atoms with Crippen molar-refractivity contribution in [3.8, 4) is 0 Å². The molecule has 144 valence electrons. The number of carbonyl (C=O) groups excluding carboxylic acids is 1. The van der Waals surface area contributed by atoms with E-state index < -0.39 is 16.0 Å².